The number of hydrogen-bond acceptors (Lipinski definition) is 3. The smallest absolute Gasteiger partial charge is 0.225 e. The molecule has 0 atom stereocenters. The SMILES string of the molecule is [CH2]c1cccc(-c2cc(NCC)on2)c1. The molecule has 0 amide bonds. The lowest BCUT2D eigenvalue weighted by Crippen LogP contribution is -1.93. The van der Waals surface area contributed by atoms with Crippen molar-refractivity contribution in [2.75, 3.05) is 11.9 Å². The Balaban J connectivity index is 2.29. The van der Waals surface area contributed by atoms with Gasteiger partial charge in [-0.25, -0.2) is 0 Å². The topological polar surface area (TPSA) is 38.1 Å². The third kappa shape index (κ3) is 2.18. The van der Waals surface area contributed by atoms with Gasteiger partial charge in [-0.05, 0) is 25.5 Å². The highest BCUT2D eigenvalue weighted by atomic mass is 16.5. The van der Waals surface area contributed by atoms with Crippen LogP contribution in [0.3, 0.4) is 0 Å². The van der Waals surface area contributed by atoms with E-state index in [1.165, 1.54) is 0 Å². The molecule has 77 valence electrons. The Morgan fingerprint density at radius 3 is 3.00 bits per heavy atom. The monoisotopic (exact) mass is 201 g/mol. The third-order valence-electron chi connectivity index (χ3n) is 2.08. The van der Waals surface area contributed by atoms with E-state index in [0.717, 1.165) is 23.4 Å². The van der Waals surface area contributed by atoms with E-state index in [0.29, 0.717) is 5.88 Å². The van der Waals surface area contributed by atoms with Crippen LogP contribution in [0.1, 0.15) is 12.5 Å². The fourth-order valence-electron chi connectivity index (χ4n) is 1.40. The van der Waals surface area contributed by atoms with Gasteiger partial charge in [-0.2, -0.15) is 0 Å². The second kappa shape index (κ2) is 4.17. The molecule has 2 rings (SSSR count). The Hall–Kier alpha value is -1.77. The van der Waals surface area contributed by atoms with Crippen LogP contribution in [0.25, 0.3) is 11.3 Å². The molecular formula is C12H13N2O. The first-order valence-electron chi connectivity index (χ1n) is 4.92. The Labute approximate surface area is 89.1 Å². The molecule has 1 heterocycles. The van der Waals surface area contributed by atoms with Gasteiger partial charge in [0.15, 0.2) is 0 Å². The van der Waals surface area contributed by atoms with Crippen molar-refractivity contribution in [3.63, 3.8) is 0 Å². The molecule has 0 saturated carbocycles. The molecular weight excluding hydrogens is 188 g/mol. The summed E-state index contributed by atoms with van der Waals surface area (Å²) in [7, 11) is 0. The van der Waals surface area contributed by atoms with Crippen molar-refractivity contribution in [2.24, 2.45) is 0 Å². The minimum absolute atomic E-state index is 0.696. The molecule has 0 aliphatic carbocycles. The number of benzene rings is 1. The van der Waals surface area contributed by atoms with E-state index in [2.05, 4.69) is 17.4 Å². The summed E-state index contributed by atoms with van der Waals surface area (Å²) >= 11 is 0. The highest BCUT2D eigenvalue weighted by Gasteiger charge is 2.05. The van der Waals surface area contributed by atoms with Crippen LogP contribution in [-0.2, 0) is 0 Å². The van der Waals surface area contributed by atoms with Gasteiger partial charge in [0.05, 0.1) is 0 Å². The number of hydrogen-bond donors (Lipinski definition) is 1. The van der Waals surface area contributed by atoms with Crippen molar-refractivity contribution in [1.29, 1.82) is 0 Å². The van der Waals surface area contributed by atoms with Crippen LogP contribution in [0.15, 0.2) is 34.9 Å². The zero-order valence-corrected chi connectivity index (χ0v) is 8.66. The quantitative estimate of drug-likeness (QED) is 0.829. The lowest BCUT2D eigenvalue weighted by Gasteiger charge is -1.96. The van der Waals surface area contributed by atoms with Crippen LogP contribution in [0.2, 0.25) is 0 Å². The molecule has 0 saturated heterocycles. The van der Waals surface area contributed by atoms with Gasteiger partial charge < -0.3 is 9.84 Å². The maximum atomic E-state index is 5.12. The maximum Gasteiger partial charge on any atom is 0.225 e. The van der Waals surface area contributed by atoms with E-state index in [-0.39, 0.29) is 0 Å². The molecule has 0 aliphatic rings. The van der Waals surface area contributed by atoms with E-state index in [1.807, 2.05) is 37.3 Å². The lowest BCUT2D eigenvalue weighted by atomic mass is 10.1. The van der Waals surface area contributed by atoms with Crippen molar-refractivity contribution in [3.8, 4) is 11.3 Å². The Kier molecular flexibility index (Phi) is 2.72. The summed E-state index contributed by atoms with van der Waals surface area (Å²) in [5.74, 6) is 0.696. The predicted molar refractivity (Wildman–Crippen MR) is 60.6 cm³/mol. The van der Waals surface area contributed by atoms with Crippen molar-refractivity contribution < 1.29 is 4.52 Å². The molecule has 0 aliphatic heterocycles. The molecule has 1 radical (unpaired) electrons. The summed E-state index contributed by atoms with van der Waals surface area (Å²) in [6.45, 7) is 6.71. The van der Waals surface area contributed by atoms with Crippen LogP contribution in [0.5, 0.6) is 0 Å². The van der Waals surface area contributed by atoms with E-state index in [4.69, 9.17) is 4.52 Å². The van der Waals surface area contributed by atoms with Gasteiger partial charge in [0.2, 0.25) is 5.88 Å². The van der Waals surface area contributed by atoms with Gasteiger partial charge in [0, 0.05) is 18.2 Å². The fraction of sp³-hybridized carbons (Fsp3) is 0.167. The van der Waals surface area contributed by atoms with Gasteiger partial charge in [-0.15, -0.1) is 0 Å². The van der Waals surface area contributed by atoms with E-state index in [9.17, 15) is 0 Å². The first-order valence-corrected chi connectivity index (χ1v) is 4.92. The van der Waals surface area contributed by atoms with E-state index in [1.54, 1.807) is 0 Å². The van der Waals surface area contributed by atoms with E-state index < -0.39 is 0 Å². The number of rotatable bonds is 3. The number of nitrogens with one attached hydrogen (secondary N) is 1. The molecule has 3 heteroatoms. The zero-order chi connectivity index (χ0) is 10.7. The summed E-state index contributed by atoms with van der Waals surface area (Å²) in [6.07, 6.45) is 0. The fourth-order valence-corrected chi connectivity index (χ4v) is 1.40. The normalized spacial score (nSPS) is 10.3. The Bertz CT molecular complexity index is 448. The van der Waals surface area contributed by atoms with Crippen molar-refractivity contribution in [1.82, 2.24) is 5.16 Å². The Morgan fingerprint density at radius 2 is 2.27 bits per heavy atom. The molecule has 3 nitrogen and oxygen atoms in total. The summed E-state index contributed by atoms with van der Waals surface area (Å²) in [4.78, 5) is 0. The minimum Gasteiger partial charge on any atom is -0.354 e. The predicted octanol–water partition coefficient (Wildman–Crippen LogP) is 2.96. The maximum absolute atomic E-state index is 5.12. The van der Waals surface area contributed by atoms with Crippen LogP contribution < -0.4 is 5.32 Å². The van der Waals surface area contributed by atoms with Gasteiger partial charge in [0.1, 0.15) is 5.69 Å². The number of aromatic nitrogens is 1. The van der Waals surface area contributed by atoms with E-state index >= 15 is 0 Å². The molecule has 0 unspecified atom stereocenters. The first-order chi connectivity index (χ1) is 7.29. The van der Waals surface area contributed by atoms with Crippen molar-refractivity contribution in [2.45, 2.75) is 6.92 Å². The molecule has 0 bridgehead atoms. The van der Waals surface area contributed by atoms with Crippen LogP contribution >= 0.6 is 0 Å². The first kappa shape index (κ1) is 9.77. The molecule has 15 heavy (non-hydrogen) atoms. The summed E-state index contributed by atoms with van der Waals surface area (Å²) in [6, 6.07) is 9.77. The molecule has 1 N–H and O–H groups in total. The van der Waals surface area contributed by atoms with Crippen LogP contribution in [0.4, 0.5) is 5.88 Å². The van der Waals surface area contributed by atoms with Crippen LogP contribution in [0, 0.1) is 6.92 Å². The third-order valence-corrected chi connectivity index (χ3v) is 2.08. The van der Waals surface area contributed by atoms with Gasteiger partial charge in [-0.3, -0.25) is 0 Å². The second-order valence-corrected chi connectivity index (χ2v) is 3.31. The summed E-state index contributed by atoms with van der Waals surface area (Å²) < 4.78 is 5.12. The summed E-state index contributed by atoms with van der Waals surface area (Å²) in [5, 5.41) is 7.05. The highest BCUT2D eigenvalue weighted by Crippen LogP contribution is 2.22. The minimum atomic E-state index is 0.696. The van der Waals surface area contributed by atoms with Crippen LogP contribution in [-0.4, -0.2) is 11.7 Å². The van der Waals surface area contributed by atoms with Crippen molar-refractivity contribution >= 4 is 5.88 Å². The second-order valence-electron chi connectivity index (χ2n) is 3.31. The lowest BCUT2D eigenvalue weighted by molar-refractivity contribution is 0.435. The summed E-state index contributed by atoms with van der Waals surface area (Å²) in [5.41, 5.74) is 2.83. The number of nitrogens with zero attached hydrogens (tertiary/aromatic N) is 1. The molecule has 1 aromatic carbocycles. The molecule has 0 fully saturated rings. The average molecular weight is 201 g/mol. The van der Waals surface area contributed by atoms with Gasteiger partial charge >= 0.3 is 0 Å². The van der Waals surface area contributed by atoms with Gasteiger partial charge in [-0.1, -0.05) is 23.4 Å². The largest absolute Gasteiger partial charge is 0.354 e. The zero-order valence-electron chi connectivity index (χ0n) is 8.66. The molecule has 0 spiro atoms. The van der Waals surface area contributed by atoms with Crippen molar-refractivity contribution in [3.05, 3.63) is 42.8 Å². The molecule has 2 aromatic rings. The highest BCUT2D eigenvalue weighted by molar-refractivity contribution is 5.62. The van der Waals surface area contributed by atoms with Gasteiger partial charge in [0.25, 0.3) is 0 Å². The average Bonchev–Trinajstić information content (AvgIpc) is 2.67. The molecule has 1 aromatic heterocycles. The number of anilines is 1. The standard InChI is InChI=1S/C12H13N2O/c1-3-13-12-8-11(14-15-12)10-6-4-5-9(2)7-10/h4-8,13H,2-3H2,1H3. The Morgan fingerprint density at radius 1 is 1.40 bits per heavy atom.